The van der Waals surface area contributed by atoms with E-state index in [1.807, 2.05) is 0 Å². The third-order valence-electron chi connectivity index (χ3n) is 7.98. The van der Waals surface area contributed by atoms with Crippen LogP contribution in [0.2, 0.25) is 0 Å². The molecule has 0 radical (unpaired) electrons. The maximum atomic E-state index is 13.2. The molecule has 9 heteroatoms. The van der Waals surface area contributed by atoms with Gasteiger partial charge in [-0.3, -0.25) is 18.6 Å². The highest BCUT2D eigenvalue weighted by atomic mass is 31.2. The van der Waals surface area contributed by atoms with Gasteiger partial charge in [-0.05, 0) is 64.2 Å². The lowest BCUT2D eigenvalue weighted by Gasteiger charge is -2.24. The number of rotatable bonds is 34. The summed E-state index contributed by atoms with van der Waals surface area (Å²) >= 11 is 0. The Morgan fingerprint density at radius 2 is 0.911 bits per heavy atom. The SMILES string of the molecule is CCCCCCC(C/C=C/CCCCCCCC(=O)O)OP(=O)(O)OC(C/C=C/CCCCCCCC(=O)O)CCCCCC. The van der Waals surface area contributed by atoms with E-state index in [2.05, 4.69) is 38.2 Å². The minimum Gasteiger partial charge on any atom is -0.481 e. The first kappa shape index (κ1) is 43.5. The first-order valence-electron chi connectivity index (χ1n) is 18.1. The van der Waals surface area contributed by atoms with E-state index < -0.39 is 19.8 Å². The molecular weight excluding hydrogens is 591 g/mol. The molecule has 0 spiro atoms. The molecule has 0 aromatic heterocycles. The Bertz CT molecular complexity index is 751. The number of aliphatic carboxylic acids is 2. The van der Waals surface area contributed by atoms with Crippen LogP contribution in [0.1, 0.15) is 181 Å². The molecule has 0 aromatic carbocycles. The van der Waals surface area contributed by atoms with Gasteiger partial charge in [-0.25, -0.2) is 4.57 Å². The largest absolute Gasteiger partial charge is 0.481 e. The topological polar surface area (TPSA) is 130 Å². The summed E-state index contributed by atoms with van der Waals surface area (Å²) in [5.74, 6) is -1.46. The van der Waals surface area contributed by atoms with Gasteiger partial charge >= 0.3 is 19.8 Å². The number of phosphoric acid groups is 1. The Labute approximate surface area is 275 Å². The van der Waals surface area contributed by atoms with Crippen molar-refractivity contribution in [3.63, 3.8) is 0 Å². The van der Waals surface area contributed by atoms with E-state index in [0.717, 1.165) is 141 Å². The van der Waals surface area contributed by atoms with Crippen LogP contribution in [0.3, 0.4) is 0 Å². The molecular formula is C36H67O8P. The summed E-state index contributed by atoms with van der Waals surface area (Å²) in [5.41, 5.74) is 0. The average molecular weight is 659 g/mol. The molecule has 3 N–H and O–H groups in total. The van der Waals surface area contributed by atoms with Crippen molar-refractivity contribution in [2.75, 3.05) is 0 Å². The highest BCUT2D eigenvalue weighted by Gasteiger charge is 2.29. The molecule has 8 nitrogen and oxygen atoms in total. The van der Waals surface area contributed by atoms with Crippen LogP contribution in [-0.2, 0) is 23.2 Å². The molecule has 45 heavy (non-hydrogen) atoms. The Hall–Kier alpha value is -1.47. The summed E-state index contributed by atoms with van der Waals surface area (Å²) < 4.78 is 24.8. The fraction of sp³-hybridized carbons (Fsp3) is 0.833. The third-order valence-corrected chi connectivity index (χ3v) is 9.11. The maximum absolute atomic E-state index is 13.2. The van der Waals surface area contributed by atoms with Crippen LogP contribution in [-0.4, -0.2) is 39.3 Å². The van der Waals surface area contributed by atoms with E-state index in [-0.39, 0.29) is 25.0 Å². The van der Waals surface area contributed by atoms with E-state index in [9.17, 15) is 19.0 Å². The quantitative estimate of drug-likeness (QED) is 0.0354. The second kappa shape index (κ2) is 31.1. The van der Waals surface area contributed by atoms with Crippen molar-refractivity contribution in [1.29, 1.82) is 0 Å². The number of carboxylic acids is 2. The molecule has 0 aliphatic carbocycles. The smallest absolute Gasteiger partial charge is 0.472 e. The van der Waals surface area contributed by atoms with Gasteiger partial charge in [-0.15, -0.1) is 0 Å². The number of hydrogen-bond donors (Lipinski definition) is 3. The average Bonchev–Trinajstić information content (AvgIpc) is 2.98. The maximum Gasteiger partial charge on any atom is 0.472 e. The van der Waals surface area contributed by atoms with Gasteiger partial charge in [0.2, 0.25) is 0 Å². The first-order valence-corrected chi connectivity index (χ1v) is 19.6. The fourth-order valence-corrected chi connectivity index (χ4v) is 6.48. The molecule has 0 heterocycles. The van der Waals surface area contributed by atoms with E-state index >= 15 is 0 Å². The minimum atomic E-state index is -4.24. The lowest BCUT2D eigenvalue weighted by atomic mass is 10.1. The van der Waals surface area contributed by atoms with E-state index in [1.165, 1.54) is 0 Å². The molecule has 0 amide bonds. The van der Waals surface area contributed by atoms with Crippen LogP contribution in [0.15, 0.2) is 24.3 Å². The molecule has 0 fully saturated rings. The zero-order chi connectivity index (χ0) is 33.4. The summed E-state index contributed by atoms with van der Waals surface area (Å²) in [5, 5.41) is 17.5. The first-order chi connectivity index (χ1) is 21.7. The zero-order valence-electron chi connectivity index (χ0n) is 28.7. The van der Waals surface area contributed by atoms with Gasteiger partial charge in [-0.2, -0.15) is 0 Å². The standard InChI is InChI=1S/C36H67O8P/c1-3-5-7-21-27-33(29-23-17-13-9-11-15-19-25-31-35(37)38)43-45(41,42)44-34(28-22-8-6-4-2)30-24-18-14-10-12-16-20-26-32-36(39)40/h17-18,23-24,33-34H,3-16,19-22,25-32H2,1-2H3,(H,37,38)(H,39,40)(H,41,42)/b23-17+,24-18+. The van der Waals surface area contributed by atoms with Crippen molar-refractivity contribution in [3.05, 3.63) is 24.3 Å². The molecule has 0 rings (SSSR count). The number of unbranched alkanes of at least 4 members (excludes halogenated alkanes) is 16. The van der Waals surface area contributed by atoms with Crippen LogP contribution >= 0.6 is 7.82 Å². The van der Waals surface area contributed by atoms with Crippen LogP contribution in [0.4, 0.5) is 0 Å². The molecule has 0 saturated heterocycles. The molecule has 0 aromatic rings. The van der Waals surface area contributed by atoms with Gasteiger partial charge in [0.05, 0.1) is 12.2 Å². The summed E-state index contributed by atoms with van der Waals surface area (Å²) in [7, 11) is -4.24. The van der Waals surface area contributed by atoms with Gasteiger partial charge in [-0.1, -0.05) is 128 Å². The predicted molar refractivity (Wildman–Crippen MR) is 185 cm³/mol. The highest BCUT2D eigenvalue weighted by molar-refractivity contribution is 7.47. The summed E-state index contributed by atoms with van der Waals surface area (Å²) in [6.45, 7) is 4.33. The van der Waals surface area contributed by atoms with Crippen LogP contribution in [0, 0.1) is 0 Å². The van der Waals surface area contributed by atoms with E-state index in [1.54, 1.807) is 0 Å². The van der Waals surface area contributed by atoms with Crippen molar-refractivity contribution < 1.29 is 38.3 Å². The van der Waals surface area contributed by atoms with Gasteiger partial charge in [0.15, 0.2) is 0 Å². The molecule has 0 aliphatic rings. The second-order valence-corrected chi connectivity index (χ2v) is 13.8. The van der Waals surface area contributed by atoms with Crippen LogP contribution in [0.5, 0.6) is 0 Å². The van der Waals surface area contributed by atoms with Crippen LogP contribution < -0.4 is 0 Å². The lowest BCUT2D eigenvalue weighted by Crippen LogP contribution is -2.16. The number of carboxylic acid groups (broad SMARTS) is 2. The zero-order valence-corrected chi connectivity index (χ0v) is 29.6. The summed E-state index contributed by atoms with van der Waals surface area (Å²) in [6, 6.07) is 0. The van der Waals surface area contributed by atoms with E-state index in [4.69, 9.17) is 19.3 Å². The number of phosphoric ester groups is 1. The number of carbonyl (C=O) groups is 2. The van der Waals surface area contributed by atoms with Gasteiger partial charge < -0.3 is 15.1 Å². The molecule has 0 aliphatic heterocycles. The number of allylic oxidation sites excluding steroid dienone is 2. The molecule has 2 unspecified atom stereocenters. The van der Waals surface area contributed by atoms with E-state index in [0.29, 0.717) is 12.8 Å². The molecule has 2 atom stereocenters. The third kappa shape index (κ3) is 32.3. The lowest BCUT2D eigenvalue weighted by molar-refractivity contribution is -0.138. The van der Waals surface area contributed by atoms with Crippen molar-refractivity contribution in [1.82, 2.24) is 0 Å². The second-order valence-electron chi connectivity index (χ2n) is 12.4. The molecule has 0 bridgehead atoms. The Morgan fingerprint density at radius 3 is 1.29 bits per heavy atom. The predicted octanol–water partition coefficient (Wildman–Crippen LogP) is 11.3. The Kier molecular flexibility index (Phi) is 30.1. The normalized spacial score (nSPS) is 14.6. The van der Waals surface area contributed by atoms with Crippen molar-refractivity contribution in [2.24, 2.45) is 0 Å². The Morgan fingerprint density at radius 1 is 0.556 bits per heavy atom. The molecule has 0 saturated carbocycles. The monoisotopic (exact) mass is 658 g/mol. The van der Waals surface area contributed by atoms with Crippen molar-refractivity contribution >= 4 is 19.8 Å². The van der Waals surface area contributed by atoms with Gasteiger partial charge in [0, 0.05) is 12.8 Å². The highest BCUT2D eigenvalue weighted by Crippen LogP contribution is 2.48. The summed E-state index contributed by atoms with van der Waals surface area (Å²) in [6.07, 6.45) is 30.9. The molecule has 264 valence electrons. The van der Waals surface area contributed by atoms with Crippen molar-refractivity contribution in [3.8, 4) is 0 Å². The Balaban J connectivity index is 4.82. The van der Waals surface area contributed by atoms with Gasteiger partial charge in [0.25, 0.3) is 0 Å². The van der Waals surface area contributed by atoms with Gasteiger partial charge in [0.1, 0.15) is 0 Å². The fourth-order valence-electron chi connectivity index (χ4n) is 5.30. The van der Waals surface area contributed by atoms with Crippen molar-refractivity contribution in [2.45, 2.75) is 193 Å². The minimum absolute atomic E-state index is 0.244. The summed E-state index contributed by atoms with van der Waals surface area (Å²) in [4.78, 5) is 32.0. The number of hydrogen-bond acceptors (Lipinski definition) is 5. The van der Waals surface area contributed by atoms with Crippen LogP contribution in [0.25, 0.3) is 0 Å².